The molecule has 0 fully saturated rings. The zero-order chi connectivity index (χ0) is 19.9. The van der Waals surface area contributed by atoms with Gasteiger partial charge < -0.3 is 4.74 Å². The minimum absolute atomic E-state index is 0.207. The van der Waals surface area contributed by atoms with Gasteiger partial charge in [-0.2, -0.15) is 0 Å². The van der Waals surface area contributed by atoms with Crippen molar-refractivity contribution in [3.8, 4) is 5.75 Å². The molecule has 1 N–H and O–H groups in total. The summed E-state index contributed by atoms with van der Waals surface area (Å²) in [5.41, 5.74) is 3.04. The van der Waals surface area contributed by atoms with Gasteiger partial charge in [0.15, 0.2) is 4.34 Å². The highest BCUT2D eigenvalue weighted by Gasteiger charge is 2.11. The molecule has 7 heteroatoms. The van der Waals surface area contributed by atoms with Gasteiger partial charge in [-0.15, -0.1) is 10.2 Å². The molecular weight excluding hydrogens is 390 g/mol. The average molecular weight is 414 g/mol. The van der Waals surface area contributed by atoms with Gasteiger partial charge >= 0.3 is 0 Å². The molecule has 3 aromatic rings. The Hall–Kier alpha value is -2.38. The Kier molecular flexibility index (Phi) is 7.06. The highest BCUT2D eigenvalue weighted by molar-refractivity contribution is 8.00. The Morgan fingerprint density at radius 2 is 1.96 bits per heavy atom. The fraction of sp³-hybridized carbons (Fsp3) is 0.286. The molecule has 1 amide bonds. The number of aryl methyl sites for hydroxylation is 1. The summed E-state index contributed by atoms with van der Waals surface area (Å²) in [6.07, 6.45) is 0. The number of aromatic nitrogens is 2. The van der Waals surface area contributed by atoms with E-state index in [0.717, 1.165) is 15.8 Å². The van der Waals surface area contributed by atoms with Crippen molar-refractivity contribution < 1.29 is 9.53 Å². The van der Waals surface area contributed by atoms with E-state index in [2.05, 4.69) is 60.6 Å². The van der Waals surface area contributed by atoms with Crippen LogP contribution in [0.5, 0.6) is 5.75 Å². The number of amides is 1. The summed E-state index contributed by atoms with van der Waals surface area (Å²) in [5, 5.41) is 11.5. The quantitative estimate of drug-likeness (QED) is 0.394. The minimum atomic E-state index is -0.207. The fourth-order valence-electron chi connectivity index (χ4n) is 2.40. The van der Waals surface area contributed by atoms with Gasteiger partial charge in [0, 0.05) is 11.3 Å². The molecule has 0 aliphatic rings. The molecular formula is C21H23N3O2S2. The Morgan fingerprint density at radius 1 is 1.18 bits per heavy atom. The molecule has 1 aromatic heterocycles. The van der Waals surface area contributed by atoms with Crippen molar-refractivity contribution in [3.63, 3.8) is 0 Å². The van der Waals surface area contributed by atoms with Crippen molar-refractivity contribution in [2.24, 2.45) is 5.92 Å². The molecule has 3 rings (SSSR count). The van der Waals surface area contributed by atoms with Crippen molar-refractivity contribution in [2.75, 3.05) is 11.9 Å². The third-order valence-corrected chi connectivity index (χ3v) is 5.81. The smallest absolute Gasteiger partial charge is 0.257 e. The lowest BCUT2D eigenvalue weighted by Crippen LogP contribution is -2.11. The standard InChI is InChI=1S/C21H23N3O2S2/c1-14(2)12-26-18-9-7-17(8-10-18)19(25)22-20-23-24-21(28-20)27-13-16-6-4-5-15(3)11-16/h4-11,14H,12-13H2,1-3H3,(H,22,23,25). The maximum Gasteiger partial charge on any atom is 0.257 e. The van der Waals surface area contributed by atoms with Crippen LogP contribution in [0.15, 0.2) is 52.9 Å². The van der Waals surface area contributed by atoms with Gasteiger partial charge in [-0.3, -0.25) is 10.1 Å². The van der Waals surface area contributed by atoms with Gasteiger partial charge in [0.05, 0.1) is 6.61 Å². The predicted octanol–water partition coefficient (Wildman–Crippen LogP) is 5.43. The van der Waals surface area contributed by atoms with Gasteiger partial charge in [-0.25, -0.2) is 0 Å². The van der Waals surface area contributed by atoms with Gasteiger partial charge in [-0.05, 0) is 42.7 Å². The third kappa shape index (κ3) is 6.07. The summed E-state index contributed by atoms with van der Waals surface area (Å²) in [6.45, 7) is 6.92. The third-order valence-electron chi connectivity index (χ3n) is 3.77. The van der Waals surface area contributed by atoms with Gasteiger partial charge in [0.1, 0.15) is 5.75 Å². The second kappa shape index (κ2) is 9.71. The van der Waals surface area contributed by atoms with Crippen molar-refractivity contribution >= 4 is 34.1 Å². The van der Waals surface area contributed by atoms with E-state index in [0.29, 0.717) is 23.2 Å². The molecule has 28 heavy (non-hydrogen) atoms. The fourth-order valence-corrected chi connectivity index (χ4v) is 4.09. The Balaban J connectivity index is 1.53. The number of anilines is 1. The van der Waals surface area contributed by atoms with E-state index >= 15 is 0 Å². The maximum absolute atomic E-state index is 12.4. The van der Waals surface area contributed by atoms with Crippen LogP contribution in [0.4, 0.5) is 5.13 Å². The zero-order valence-corrected chi connectivity index (χ0v) is 17.8. The number of carbonyl (C=O) groups excluding carboxylic acids is 1. The largest absolute Gasteiger partial charge is 0.493 e. The molecule has 0 aliphatic heterocycles. The lowest BCUT2D eigenvalue weighted by molar-refractivity contribution is 0.102. The Bertz CT molecular complexity index is 923. The second-order valence-electron chi connectivity index (χ2n) is 6.83. The number of ether oxygens (including phenoxy) is 1. The number of thioether (sulfide) groups is 1. The summed E-state index contributed by atoms with van der Waals surface area (Å²) in [4.78, 5) is 12.4. The summed E-state index contributed by atoms with van der Waals surface area (Å²) in [6, 6.07) is 15.5. The second-order valence-corrected chi connectivity index (χ2v) is 9.03. The van der Waals surface area contributed by atoms with E-state index in [1.54, 1.807) is 36.0 Å². The van der Waals surface area contributed by atoms with Gasteiger partial charge in [0.2, 0.25) is 5.13 Å². The Labute approximate surface area is 173 Å². The number of carbonyl (C=O) groups is 1. The monoisotopic (exact) mass is 413 g/mol. The van der Waals surface area contributed by atoms with E-state index in [1.165, 1.54) is 22.5 Å². The number of hydrogen-bond acceptors (Lipinski definition) is 6. The summed E-state index contributed by atoms with van der Waals surface area (Å²) >= 11 is 2.99. The summed E-state index contributed by atoms with van der Waals surface area (Å²) < 4.78 is 6.47. The average Bonchev–Trinajstić information content (AvgIpc) is 3.12. The van der Waals surface area contributed by atoms with Crippen LogP contribution in [0.2, 0.25) is 0 Å². The normalized spacial score (nSPS) is 10.9. The first-order valence-corrected chi connectivity index (χ1v) is 10.9. The highest BCUT2D eigenvalue weighted by atomic mass is 32.2. The van der Waals surface area contributed by atoms with E-state index in [-0.39, 0.29) is 5.91 Å². The van der Waals surface area contributed by atoms with Crippen LogP contribution in [0, 0.1) is 12.8 Å². The first kappa shape index (κ1) is 20.4. The van der Waals surface area contributed by atoms with Crippen LogP contribution in [-0.2, 0) is 5.75 Å². The van der Waals surface area contributed by atoms with Crippen molar-refractivity contribution in [1.29, 1.82) is 0 Å². The predicted molar refractivity (Wildman–Crippen MR) is 115 cm³/mol. The molecule has 0 saturated heterocycles. The first-order chi connectivity index (χ1) is 13.5. The minimum Gasteiger partial charge on any atom is -0.493 e. The molecule has 1 heterocycles. The van der Waals surface area contributed by atoms with E-state index in [1.807, 2.05) is 0 Å². The van der Waals surface area contributed by atoms with E-state index in [4.69, 9.17) is 4.74 Å². The van der Waals surface area contributed by atoms with Crippen molar-refractivity contribution in [1.82, 2.24) is 10.2 Å². The molecule has 0 aliphatic carbocycles. The molecule has 0 bridgehead atoms. The molecule has 0 unspecified atom stereocenters. The van der Waals surface area contributed by atoms with Crippen LogP contribution in [0.25, 0.3) is 0 Å². The highest BCUT2D eigenvalue weighted by Crippen LogP contribution is 2.28. The van der Waals surface area contributed by atoms with Crippen LogP contribution in [0.1, 0.15) is 35.3 Å². The summed E-state index contributed by atoms with van der Waals surface area (Å²) in [5.74, 6) is 1.83. The lowest BCUT2D eigenvalue weighted by atomic mass is 10.2. The number of nitrogens with one attached hydrogen (secondary N) is 1. The van der Waals surface area contributed by atoms with Crippen LogP contribution < -0.4 is 10.1 Å². The lowest BCUT2D eigenvalue weighted by Gasteiger charge is -2.09. The topological polar surface area (TPSA) is 64.1 Å². The van der Waals surface area contributed by atoms with Crippen LogP contribution >= 0.6 is 23.1 Å². The number of rotatable bonds is 8. The Morgan fingerprint density at radius 3 is 2.68 bits per heavy atom. The molecule has 146 valence electrons. The van der Waals surface area contributed by atoms with Crippen LogP contribution in [0.3, 0.4) is 0 Å². The molecule has 0 radical (unpaired) electrons. The summed E-state index contributed by atoms with van der Waals surface area (Å²) in [7, 11) is 0. The molecule has 0 spiro atoms. The molecule has 0 saturated carbocycles. The molecule has 5 nitrogen and oxygen atoms in total. The van der Waals surface area contributed by atoms with E-state index < -0.39 is 0 Å². The van der Waals surface area contributed by atoms with Crippen molar-refractivity contribution in [3.05, 3.63) is 65.2 Å². The molecule has 2 aromatic carbocycles. The van der Waals surface area contributed by atoms with Crippen LogP contribution in [-0.4, -0.2) is 22.7 Å². The number of benzene rings is 2. The van der Waals surface area contributed by atoms with Gasteiger partial charge in [0.25, 0.3) is 5.91 Å². The maximum atomic E-state index is 12.4. The molecule has 0 atom stereocenters. The first-order valence-electron chi connectivity index (χ1n) is 9.05. The number of nitrogens with zero attached hydrogens (tertiary/aromatic N) is 2. The van der Waals surface area contributed by atoms with E-state index in [9.17, 15) is 4.79 Å². The zero-order valence-electron chi connectivity index (χ0n) is 16.1. The van der Waals surface area contributed by atoms with Gasteiger partial charge in [-0.1, -0.05) is 66.8 Å². The van der Waals surface area contributed by atoms with Crippen molar-refractivity contribution in [2.45, 2.75) is 30.9 Å². The SMILES string of the molecule is Cc1cccc(CSc2nnc(NC(=O)c3ccc(OCC(C)C)cc3)s2)c1. The number of hydrogen-bond donors (Lipinski definition) is 1.